The van der Waals surface area contributed by atoms with Crippen LogP contribution in [-0.4, -0.2) is 0 Å². The van der Waals surface area contributed by atoms with Crippen LogP contribution in [0.4, 0.5) is 0 Å². The molecule has 1 fully saturated rings. The molecule has 3 rings (SSSR count). The van der Waals surface area contributed by atoms with Gasteiger partial charge in [-0.25, -0.2) is 0 Å². The predicted octanol–water partition coefficient (Wildman–Crippen LogP) is 8.42. The summed E-state index contributed by atoms with van der Waals surface area (Å²) in [6, 6.07) is 0. The first-order valence-corrected chi connectivity index (χ1v) is 11.9. The molecule has 3 atom stereocenters. The molecule has 0 aromatic rings. The molecule has 0 aromatic carbocycles. The van der Waals surface area contributed by atoms with Crippen LogP contribution < -0.4 is 0 Å². The highest BCUT2D eigenvalue weighted by Crippen LogP contribution is 2.40. The largest absolute Gasteiger partial charge is 0.0888 e. The lowest BCUT2D eigenvalue weighted by molar-refractivity contribution is 0.221. The minimum atomic E-state index is 0.816. The zero-order chi connectivity index (χ0) is 18.9. The summed E-state index contributed by atoms with van der Waals surface area (Å²) in [4.78, 5) is 0. The van der Waals surface area contributed by atoms with E-state index in [4.69, 9.17) is 0 Å². The summed E-state index contributed by atoms with van der Waals surface area (Å²) in [7, 11) is 0. The molecule has 3 unspecified atom stereocenters. The van der Waals surface area contributed by atoms with Gasteiger partial charge in [-0.3, -0.25) is 0 Å². The van der Waals surface area contributed by atoms with Crippen LogP contribution in [0.25, 0.3) is 0 Å². The zero-order valence-electron chi connectivity index (χ0n) is 17.9. The van der Waals surface area contributed by atoms with Gasteiger partial charge in [0.25, 0.3) is 0 Å². The van der Waals surface area contributed by atoms with Gasteiger partial charge in [0.15, 0.2) is 0 Å². The van der Waals surface area contributed by atoms with Crippen molar-refractivity contribution in [1.82, 2.24) is 0 Å². The minimum absolute atomic E-state index is 0.816. The molecule has 1 saturated carbocycles. The summed E-state index contributed by atoms with van der Waals surface area (Å²) in [5.74, 6) is 4.51. The average molecular weight is 367 g/mol. The Labute approximate surface area is 168 Å². The molecule has 0 saturated heterocycles. The van der Waals surface area contributed by atoms with E-state index in [1.165, 1.54) is 77.0 Å². The first-order valence-electron chi connectivity index (χ1n) is 11.9. The first-order chi connectivity index (χ1) is 13.2. The fraction of sp³-hybridized carbons (Fsp3) is 0.704. The Kier molecular flexibility index (Phi) is 8.49. The van der Waals surface area contributed by atoms with Gasteiger partial charge >= 0.3 is 0 Å². The van der Waals surface area contributed by atoms with Gasteiger partial charge in [-0.1, -0.05) is 74.8 Å². The second kappa shape index (κ2) is 11.1. The van der Waals surface area contributed by atoms with Gasteiger partial charge in [-0.2, -0.15) is 0 Å². The molecule has 0 aromatic heterocycles. The molecule has 27 heavy (non-hydrogen) atoms. The normalized spacial score (nSPS) is 34.1. The highest BCUT2D eigenvalue weighted by atomic mass is 14.3. The maximum atomic E-state index is 2.60. The summed E-state index contributed by atoms with van der Waals surface area (Å²) in [6.07, 6.45) is 33.4. The molecule has 0 amide bonds. The van der Waals surface area contributed by atoms with Crippen molar-refractivity contribution in [3.63, 3.8) is 0 Å². The molecular weight excluding hydrogens is 324 g/mol. The van der Waals surface area contributed by atoms with Crippen LogP contribution in [0.2, 0.25) is 0 Å². The van der Waals surface area contributed by atoms with E-state index in [9.17, 15) is 0 Å². The van der Waals surface area contributed by atoms with E-state index in [2.05, 4.69) is 56.4 Å². The third-order valence-corrected chi connectivity index (χ3v) is 7.36. The molecule has 0 spiro atoms. The lowest BCUT2D eigenvalue weighted by atomic mass is 9.71. The van der Waals surface area contributed by atoms with Crippen molar-refractivity contribution in [1.29, 1.82) is 0 Å². The van der Waals surface area contributed by atoms with Crippen molar-refractivity contribution >= 4 is 0 Å². The second-order valence-electron chi connectivity index (χ2n) is 9.60. The van der Waals surface area contributed by atoms with Gasteiger partial charge < -0.3 is 0 Å². The summed E-state index contributed by atoms with van der Waals surface area (Å²) in [6.45, 7) is 4.72. The Balaban J connectivity index is 1.37. The Bertz CT molecular complexity index is 538. The highest BCUT2D eigenvalue weighted by Gasteiger charge is 2.27. The van der Waals surface area contributed by atoms with Crippen LogP contribution in [0.1, 0.15) is 90.9 Å². The second-order valence-corrected chi connectivity index (χ2v) is 9.60. The predicted molar refractivity (Wildman–Crippen MR) is 120 cm³/mol. The van der Waals surface area contributed by atoms with E-state index in [-0.39, 0.29) is 0 Å². The van der Waals surface area contributed by atoms with Gasteiger partial charge in [-0.15, -0.1) is 0 Å². The molecule has 0 heteroatoms. The average Bonchev–Trinajstić information content (AvgIpc) is 2.69. The molecular formula is C27H42. The third-order valence-electron chi connectivity index (χ3n) is 7.36. The zero-order valence-corrected chi connectivity index (χ0v) is 17.9. The van der Waals surface area contributed by atoms with Gasteiger partial charge in [0.05, 0.1) is 0 Å². The highest BCUT2D eigenvalue weighted by molar-refractivity contribution is 5.18. The summed E-state index contributed by atoms with van der Waals surface area (Å²) in [5.41, 5.74) is 1.71. The van der Waals surface area contributed by atoms with Crippen molar-refractivity contribution in [2.45, 2.75) is 90.9 Å². The molecule has 0 bridgehead atoms. The quantitative estimate of drug-likeness (QED) is 0.378. The van der Waals surface area contributed by atoms with Crippen LogP contribution in [0.15, 0.2) is 48.1 Å². The first kappa shape index (κ1) is 20.7. The number of hydrogen-bond acceptors (Lipinski definition) is 0. The van der Waals surface area contributed by atoms with Crippen LogP contribution in [0.5, 0.6) is 0 Å². The number of hydrogen-bond donors (Lipinski definition) is 0. The maximum Gasteiger partial charge on any atom is -0.0205 e. The van der Waals surface area contributed by atoms with Crippen molar-refractivity contribution in [3.8, 4) is 0 Å². The SMILES string of the molecule is CCC=CCCC1C=CC(CC2CCC(CC3=CC=CCC3)CC2)CC1C. The summed E-state index contributed by atoms with van der Waals surface area (Å²) < 4.78 is 0. The monoisotopic (exact) mass is 366 g/mol. The fourth-order valence-electron chi connectivity index (χ4n) is 5.64. The Morgan fingerprint density at radius 2 is 1.85 bits per heavy atom. The van der Waals surface area contributed by atoms with Crippen molar-refractivity contribution in [2.24, 2.45) is 29.6 Å². The van der Waals surface area contributed by atoms with Crippen LogP contribution in [0, 0.1) is 29.6 Å². The van der Waals surface area contributed by atoms with E-state index in [1.54, 1.807) is 5.57 Å². The molecule has 0 heterocycles. The van der Waals surface area contributed by atoms with Crippen molar-refractivity contribution in [3.05, 3.63) is 48.1 Å². The number of rotatable bonds is 8. The van der Waals surface area contributed by atoms with E-state index in [0.717, 1.165) is 29.6 Å². The van der Waals surface area contributed by atoms with Crippen LogP contribution >= 0.6 is 0 Å². The fourth-order valence-corrected chi connectivity index (χ4v) is 5.64. The van der Waals surface area contributed by atoms with Crippen LogP contribution in [-0.2, 0) is 0 Å². The molecule has 150 valence electrons. The maximum absolute atomic E-state index is 2.60. The molecule has 0 nitrogen and oxygen atoms in total. The van der Waals surface area contributed by atoms with Gasteiger partial charge in [0, 0.05) is 0 Å². The standard InChI is InChI=1S/C27H42/c1-3-4-5-9-12-27-18-17-26(19-22(27)2)21-25-15-13-24(14-16-25)20-23-10-7-6-8-11-23/h4-7,10,17-18,22,24-27H,3,8-9,11-16,19-21H2,1-2H3. The van der Waals surface area contributed by atoms with Crippen LogP contribution in [0.3, 0.4) is 0 Å². The molecule has 0 aliphatic heterocycles. The lowest BCUT2D eigenvalue weighted by Crippen LogP contribution is -2.22. The van der Waals surface area contributed by atoms with Crippen molar-refractivity contribution < 1.29 is 0 Å². The van der Waals surface area contributed by atoms with Crippen molar-refractivity contribution in [2.75, 3.05) is 0 Å². The summed E-state index contributed by atoms with van der Waals surface area (Å²) >= 11 is 0. The van der Waals surface area contributed by atoms with Gasteiger partial charge in [0.2, 0.25) is 0 Å². The lowest BCUT2D eigenvalue weighted by Gasteiger charge is -2.34. The topological polar surface area (TPSA) is 0 Å². The Morgan fingerprint density at radius 3 is 2.56 bits per heavy atom. The number of allylic oxidation sites excluding steroid dienone is 8. The van der Waals surface area contributed by atoms with E-state index in [0.29, 0.717) is 0 Å². The Morgan fingerprint density at radius 1 is 1.04 bits per heavy atom. The Hall–Kier alpha value is -1.04. The molecule has 3 aliphatic carbocycles. The molecule has 0 radical (unpaired) electrons. The van der Waals surface area contributed by atoms with E-state index in [1.807, 2.05) is 0 Å². The van der Waals surface area contributed by atoms with Gasteiger partial charge in [-0.05, 0) is 93.8 Å². The van der Waals surface area contributed by atoms with E-state index < -0.39 is 0 Å². The smallest absolute Gasteiger partial charge is 0.0205 e. The summed E-state index contributed by atoms with van der Waals surface area (Å²) in [5, 5.41) is 0. The third kappa shape index (κ3) is 6.81. The minimum Gasteiger partial charge on any atom is -0.0888 e. The molecule has 0 N–H and O–H groups in total. The van der Waals surface area contributed by atoms with Gasteiger partial charge in [0.1, 0.15) is 0 Å². The van der Waals surface area contributed by atoms with E-state index >= 15 is 0 Å². The molecule has 3 aliphatic rings.